The minimum Gasteiger partial charge on any atom is -0.334 e. The molecule has 3 atom stereocenters. The van der Waals surface area contributed by atoms with Crippen molar-refractivity contribution in [1.82, 2.24) is 10.3 Å². The first-order valence-electron chi connectivity index (χ1n) is 10.7. The minimum atomic E-state index is -0.189. The van der Waals surface area contributed by atoms with Crippen molar-refractivity contribution in [3.05, 3.63) is 64.5 Å². The van der Waals surface area contributed by atoms with Crippen LogP contribution < -0.4 is 16.0 Å². The Labute approximate surface area is 184 Å². The van der Waals surface area contributed by atoms with Crippen LogP contribution in [0, 0.1) is 5.92 Å². The number of amides is 3. The number of aryl methyl sites for hydroxylation is 2. The fourth-order valence-corrected chi connectivity index (χ4v) is 5.77. The Balaban J connectivity index is 1.12. The van der Waals surface area contributed by atoms with Crippen molar-refractivity contribution >= 4 is 34.1 Å². The average molecular weight is 431 g/mol. The Hall–Kier alpha value is -3.19. The van der Waals surface area contributed by atoms with Gasteiger partial charge in [0.15, 0.2) is 5.13 Å². The molecule has 1 aliphatic heterocycles. The second-order valence-electron chi connectivity index (χ2n) is 8.51. The molecule has 3 unspecified atom stereocenters. The second kappa shape index (κ2) is 7.20. The molecule has 3 aliphatic rings. The molecule has 3 aromatic rings. The van der Waals surface area contributed by atoms with Crippen LogP contribution in [0.25, 0.3) is 11.3 Å². The van der Waals surface area contributed by atoms with E-state index in [4.69, 9.17) is 0 Å². The molecule has 3 N–H and O–H groups in total. The van der Waals surface area contributed by atoms with Crippen molar-refractivity contribution in [1.29, 1.82) is 0 Å². The monoisotopic (exact) mass is 430 g/mol. The summed E-state index contributed by atoms with van der Waals surface area (Å²) in [5, 5.41) is 11.5. The van der Waals surface area contributed by atoms with Crippen molar-refractivity contribution in [3.63, 3.8) is 0 Å². The van der Waals surface area contributed by atoms with E-state index in [9.17, 15) is 9.59 Å². The Morgan fingerprint density at radius 2 is 2.00 bits per heavy atom. The molecule has 156 valence electrons. The van der Waals surface area contributed by atoms with Crippen LogP contribution in [-0.4, -0.2) is 23.0 Å². The quantitative estimate of drug-likeness (QED) is 0.570. The van der Waals surface area contributed by atoms with E-state index >= 15 is 0 Å². The van der Waals surface area contributed by atoms with Gasteiger partial charge in [-0.15, -0.1) is 11.3 Å². The lowest BCUT2D eigenvalue weighted by atomic mass is 9.92. The van der Waals surface area contributed by atoms with E-state index in [1.54, 1.807) is 0 Å². The Kier molecular flexibility index (Phi) is 4.31. The maximum atomic E-state index is 12.6. The highest BCUT2D eigenvalue weighted by Crippen LogP contribution is 2.54. The number of rotatable bonds is 3. The first kappa shape index (κ1) is 18.6. The van der Waals surface area contributed by atoms with E-state index in [0.717, 1.165) is 41.8 Å². The van der Waals surface area contributed by atoms with Gasteiger partial charge in [0.1, 0.15) is 0 Å². The van der Waals surface area contributed by atoms with Crippen LogP contribution in [0.1, 0.15) is 35.4 Å². The van der Waals surface area contributed by atoms with Gasteiger partial charge in [-0.1, -0.05) is 30.3 Å². The molecule has 2 heterocycles. The number of hydrogen-bond acceptors (Lipinski definition) is 4. The standard InChI is InChI=1S/C24H22N4O2S/c29-20-10-7-14-11-15(6-9-18(14)25-20)19-12-31-24(26-19)28-23(30)27-22-17-8-5-13-3-1-2-4-16(13)21(17)22/h1-4,6,9,11-12,17,21-22H,5,7-8,10H2,(H,25,29)(H2,26,27,28,30). The first-order valence-corrected chi connectivity index (χ1v) is 11.6. The fourth-order valence-electron chi connectivity index (χ4n) is 5.05. The van der Waals surface area contributed by atoms with Gasteiger partial charge in [0.2, 0.25) is 5.91 Å². The number of hydrogen-bond donors (Lipinski definition) is 3. The first-order chi connectivity index (χ1) is 15.2. The van der Waals surface area contributed by atoms with Crippen LogP contribution in [0.3, 0.4) is 0 Å². The Morgan fingerprint density at radius 3 is 2.94 bits per heavy atom. The largest absolute Gasteiger partial charge is 0.334 e. The lowest BCUT2D eigenvalue weighted by molar-refractivity contribution is -0.116. The molecule has 1 saturated carbocycles. The van der Waals surface area contributed by atoms with Gasteiger partial charge in [-0.25, -0.2) is 9.78 Å². The van der Waals surface area contributed by atoms with E-state index < -0.39 is 0 Å². The Bertz CT molecular complexity index is 1200. The van der Waals surface area contributed by atoms with Gasteiger partial charge >= 0.3 is 6.03 Å². The SMILES string of the molecule is O=C1CCc2cc(-c3csc(NC(=O)NC4C5CCc6ccccc6C54)n3)ccc2N1. The van der Waals surface area contributed by atoms with Crippen molar-refractivity contribution in [2.24, 2.45) is 5.92 Å². The van der Waals surface area contributed by atoms with Crippen LogP contribution in [-0.2, 0) is 17.6 Å². The number of urea groups is 1. The predicted molar refractivity (Wildman–Crippen MR) is 121 cm³/mol. The highest BCUT2D eigenvalue weighted by atomic mass is 32.1. The number of nitrogens with zero attached hydrogens (tertiary/aromatic N) is 1. The molecule has 6 nitrogen and oxygen atoms in total. The molecule has 0 bridgehead atoms. The minimum absolute atomic E-state index is 0.0606. The topological polar surface area (TPSA) is 83.1 Å². The van der Waals surface area contributed by atoms with Gasteiger partial charge in [-0.2, -0.15) is 0 Å². The fraction of sp³-hybridized carbons (Fsp3) is 0.292. The number of thiazole rings is 1. The van der Waals surface area contributed by atoms with Crippen molar-refractivity contribution in [2.45, 2.75) is 37.6 Å². The third-order valence-corrected chi connectivity index (χ3v) is 7.41. The van der Waals surface area contributed by atoms with E-state index in [2.05, 4.69) is 51.3 Å². The summed E-state index contributed by atoms with van der Waals surface area (Å²) in [7, 11) is 0. The summed E-state index contributed by atoms with van der Waals surface area (Å²) in [6.45, 7) is 0. The molecule has 0 radical (unpaired) electrons. The van der Waals surface area contributed by atoms with Crippen LogP contribution in [0.15, 0.2) is 47.8 Å². The van der Waals surface area contributed by atoms with Gasteiger partial charge in [0, 0.05) is 35.0 Å². The lowest BCUT2D eigenvalue weighted by Gasteiger charge is -2.17. The van der Waals surface area contributed by atoms with E-state index in [0.29, 0.717) is 23.4 Å². The van der Waals surface area contributed by atoms with E-state index in [1.165, 1.54) is 22.5 Å². The van der Waals surface area contributed by atoms with Crippen LogP contribution >= 0.6 is 11.3 Å². The highest BCUT2D eigenvalue weighted by molar-refractivity contribution is 7.14. The molecule has 7 heteroatoms. The zero-order valence-corrected chi connectivity index (χ0v) is 17.7. The molecule has 1 aromatic heterocycles. The number of fused-ring (bicyclic) bond motifs is 4. The lowest BCUT2D eigenvalue weighted by Crippen LogP contribution is -2.32. The number of benzene rings is 2. The number of nitrogens with one attached hydrogen (secondary N) is 3. The molecule has 3 amide bonds. The van der Waals surface area contributed by atoms with Gasteiger partial charge < -0.3 is 10.6 Å². The summed E-state index contributed by atoms with van der Waals surface area (Å²) < 4.78 is 0. The normalized spacial score (nSPS) is 23.1. The zero-order valence-electron chi connectivity index (χ0n) is 16.9. The summed E-state index contributed by atoms with van der Waals surface area (Å²) in [5.74, 6) is 1.05. The van der Waals surface area contributed by atoms with Crippen LogP contribution in [0.4, 0.5) is 15.6 Å². The molecule has 0 spiro atoms. The maximum absolute atomic E-state index is 12.6. The molecular weight excluding hydrogens is 408 g/mol. The molecule has 0 saturated heterocycles. The number of carbonyl (C=O) groups is 2. The van der Waals surface area contributed by atoms with Crippen molar-refractivity contribution in [2.75, 3.05) is 10.6 Å². The number of carbonyl (C=O) groups excluding carboxylic acids is 2. The van der Waals surface area contributed by atoms with Gasteiger partial charge in [0.25, 0.3) is 0 Å². The second-order valence-corrected chi connectivity index (χ2v) is 9.37. The third-order valence-electron chi connectivity index (χ3n) is 6.65. The zero-order chi connectivity index (χ0) is 20.9. The number of anilines is 2. The Morgan fingerprint density at radius 1 is 1.10 bits per heavy atom. The van der Waals surface area contributed by atoms with Crippen molar-refractivity contribution in [3.8, 4) is 11.3 Å². The van der Waals surface area contributed by atoms with Gasteiger partial charge in [0.05, 0.1) is 5.69 Å². The smallest absolute Gasteiger partial charge is 0.321 e. The number of aromatic nitrogens is 1. The molecule has 2 aliphatic carbocycles. The third kappa shape index (κ3) is 3.39. The maximum Gasteiger partial charge on any atom is 0.321 e. The summed E-state index contributed by atoms with van der Waals surface area (Å²) in [5.41, 5.74) is 6.62. The highest BCUT2D eigenvalue weighted by Gasteiger charge is 2.53. The molecule has 1 fully saturated rings. The van der Waals surface area contributed by atoms with Crippen LogP contribution in [0.5, 0.6) is 0 Å². The van der Waals surface area contributed by atoms with E-state index in [-0.39, 0.29) is 18.0 Å². The van der Waals surface area contributed by atoms with E-state index in [1.807, 2.05) is 17.5 Å². The molecule has 6 rings (SSSR count). The van der Waals surface area contributed by atoms with Gasteiger partial charge in [-0.3, -0.25) is 10.1 Å². The van der Waals surface area contributed by atoms with Crippen molar-refractivity contribution < 1.29 is 9.59 Å². The average Bonchev–Trinajstić information content (AvgIpc) is 3.27. The molecule has 2 aromatic carbocycles. The summed E-state index contributed by atoms with van der Waals surface area (Å²) in [6, 6.07) is 14.5. The summed E-state index contributed by atoms with van der Waals surface area (Å²) in [6.07, 6.45) is 3.47. The van der Waals surface area contributed by atoms with Gasteiger partial charge in [-0.05, 0) is 54.0 Å². The predicted octanol–water partition coefficient (Wildman–Crippen LogP) is 4.54. The molecular formula is C24H22N4O2S. The van der Waals surface area contributed by atoms with Crippen LogP contribution in [0.2, 0.25) is 0 Å². The summed E-state index contributed by atoms with van der Waals surface area (Å²) in [4.78, 5) is 28.7. The molecule has 31 heavy (non-hydrogen) atoms. The summed E-state index contributed by atoms with van der Waals surface area (Å²) >= 11 is 1.42.